The molecule has 0 bridgehead atoms. The molecular formula is C47H49N11O4S. The highest BCUT2D eigenvalue weighted by atomic mass is 32.1. The van der Waals surface area contributed by atoms with Gasteiger partial charge in [0.25, 0.3) is 5.91 Å². The van der Waals surface area contributed by atoms with E-state index < -0.39 is 11.6 Å². The molecule has 4 N–H and O–H groups in total. The number of carbonyl (C=O) groups excluding carboxylic acids is 2. The second-order valence-corrected chi connectivity index (χ2v) is 18.2. The lowest BCUT2D eigenvalue weighted by atomic mass is 9.83. The third kappa shape index (κ3) is 7.50. The van der Waals surface area contributed by atoms with Crippen LogP contribution in [0.3, 0.4) is 0 Å². The largest absolute Gasteiger partial charge is 0.507 e. The summed E-state index contributed by atoms with van der Waals surface area (Å²) in [7, 11) is 0. The van der Waals surface area contributed by atoms with Crippen LogP contribution in [-0.4, -0.2) is 82.4 Å². The minimum absolute atomic E-state index is 0.182. The molecule has 322 valence electrons. The van der Waals surface area contributed by atoms with Gasteiger partial charge in [-0.2, -0.15) is 0 Å². The van der Waals surface area contributed by atoms with Gasteiger partial charge in [0.05, 0.1) is 27.3 Å². The molecule has 7 aromatic rings. The summed E-state index contributed by atoms with van der Waals surface area (Å²) in [6.07, 6.45) is 7.84. The van der Waals surface area contributed by atoms with Gasteiger partial charge in [0.15, 0.2) is 11.3 Å². The van der Waals surface area contributed by atoms with E-state index in [0.29, 0.717) is 60.4 Å². The lowest BCUT2D eigenvalue weighted by molar-refractivity contribution is -0.145. The number of carbonyl (C=O) groups is 2. The van der Waals surface area contributed by atoms with Crippen LogP contribution < -0.4 is 16.0 Å². The third-order valence-corrected chi connectivity index (χ3v) is 13.9. The Balaban J connectivity index is 0.807. The lowest BCUT2D eigenvalue weighted by Crippen LogP contribution is -2.59. The first-order valence-corrected chi connectivity index (χ1v) is 22.5. The molecule has 3 fully saturated rings. The molecule has 10 rings (SSSR count). The molecule has 2 amide bonds. The van der Waals surface area contributed by atoms with Crippen molar-refractivity contribution in [3.63, 3.8) is 0 Å². The van der Waals surface area contributed by atoms with E-state index in [1.165, 1.54) is 5.69 Å². The SMILES string of the molecule is Cc1ncsc1-c1ccc(CNC(=O)[C@@H]2CCCN2C(=O)[C@](N)(c2cc(-c3cnc(N4CC[C@H](c5cc6nnc(-c7ccccc7O)cc6n5C5CC5)C4)nc3)no2)C(C)C)cc1. The highest BCUT2D eigenvalue weighted by molar-refractivity contribution is 7.13. The van der Waals surface area contributed by atoms with Crippen LogP contribution in [0.4, 0.5) is 5.95 Å². The number of aryl methyl sites for hydroxylation is 1. The van der Waals surface area contributed by atoms with Crippen molar-refractivity contribution in [2.24, 2.45) is 11.7 Å². The number of nitrogens with two attached hydrogens (primary N) is 1. The second kappa shape index (κ2) is 16.3. The summed E-state index contributed by atoms with van der Waals surface area (Å²) in [5.41, 5.74) is 15.9. The van der Waals surface area contributed by atoms with E-state index in [1.54, 1.807) is 46.8 Å². The van der Waals surface area contributed by atoms with Gasteiger partial charge in [-0.05, 0) is 80.3 Å². The van der Waals surface area contributed by atoms with Gasteiger partial charge in [-0.1, -0.05) is 55.4 Å². The molecule has 15 nitrogen and oxygen atoms in total. The molecule has 0 radical (unpaired) electrons. The summed E-state index contributed by atoms with van der Waals surface area (Å²) < 4.78 is 8.28. The zero-order chi connectivity index (χ0) is 43.4. The van der Waals surface area contributed by atoms with Crippen molar-refractivity contribution in [1.82, 2.24) is 45.1 Å². The van der Waals surface area contributed by atoms with Crippen LogP contribution in [-0.2, 0) is 21.7 Å². The van der Waals surface area contributed by atoms with Gasteiger partial charge in [0.2, 0.25) is 11.9 Å². The standard InChI is InChI=1S/C47H49N11O4S/c1-27(2)47(48,45(61)57-17-6-8-38(57)44(60)49-22-29-10-12-30(13-11-29)43-28(3)52-26-63-43)42-21-35(55-62-42)32-23-50-46(51-24-32)56-18-16-31(25-56)39-20-37-40(58(39)33-14-15-33)19-36(53-54-37)34-7-4-5-9-41(34)59/h4-5,7,9-13,19-21,23-24,26-27,31,33,38,59H,6,8,14-18,22,25,48H2,1-3H3,(H,49,60)/t31-,38-,47+/m0/s1. The number of aromatic nitrogens is 7. The molecule has 2 aromatic carbocycles. The molecule has 3 aliphatic rings. The average Bonchev–Trinajstić information content (AvgIpc) is 3.88. The molecule has 3 atom stereocenters. The number of benzene rings is 2. The quantitative estimate of drug-likeness (QED) is 0.113. The first-order valence-electron chi connectivity index (χ1n) is 21.6. The van der Waals surface area contributed by atoms with Crippen LogP contribution in [0.2, 0.25) is 0 Å². The minimum Gasteiger partial charge on any atom is -0.507 e. The number of para-hydroxylation sites is 1. The molecule has 1 saturated carbocycles. The number of fused-ring (bicyclic) bond motifs is 1. The number of hydrogen-bond donors (Lipinski definition) is 3. The van der Waals surface area contributed by atoms with E-state index in [9.17, 15) is 14.7 Å². The van der Waals surface area contributed by atoms with Crippen LogP contribution in [0, 0.1) is 12.8 Å². The zero-order valence-corrected chi connectivity index (χ0v) is 36.3. The smallest absolute Gasteiger partial charge is 0.251 e. The number of hydrogen-bond acceptors (Lipinski definition) is 13. The highest BCUT2D eigenvalue weighted by Gasteiger charge is 2.49. The fourth-order valence-electron chi connectivity index (χ4n) is 9.14. The zero-order valence-electron chi connectivity index (χ0n) is 35.4. The summed E-state index contributed by atoms with van der Waals surface area (Å²) in [6, 6.07) is 21.0. The molecule has 63 heavy (non-hydrogen) atoms. The van der Waals surface area contributed by atoms with Crippen LogP contribution in [0.15, 0.2) is 89.2 Å². The van der Waals surface area contributed by atoms with Crippen LogP contribution in [0.5, 0.6) is 5.75 Å². The Morgan fingerprint density at radius 2 is 1.75 bits per heavy atom. The lowest BCUT2D eigenvalue weighted by Gasteiger charge is -2.35. The number of phenols is 1. The highest BCUT2D eigenvalue weighted by Crippen LogP contribution is 2.44. The van der Waals surface area contributed by atoms with E-state index in [1.807, 2.05) is 68.7 Å². The molecule has 1 aliphatic carbocycles. The molecule has 5 aromatic heterocycles. The van der Waals surface area contributed by atoms with Gasteiger partial charge >= 0.3 is 0 Å². The van der Waals surface area contributed by atoms with Gasteiger partial charge < -0.3 is 35.0 Å². The van der Waals surface area contributed by atoms with Crippen molar-refractivity contribution in [1.29, 1.82) is 0 Å². The van der Waals surface area contributed by atoms with Gasteiger partial charge in [0, 0.05) is 73.4 Å². The summed E-state index contributed by atoms with van der Waals surface area (Å²) in [4.78, 5) is 46.8. The van der Waals surface area contributed by atoms with Crippen LogP contribution in [0.1, 0.15) is 80.6 Å². The Morgan fingerprint density at radius 1 is 0.952 bits per heavy atom. The summed E-state index contributed by atoms with van der Waals surface area (Å²) in [5, 5.41) is 26.9. The van der Waals surface area contributed by atoms with E-state index in [-0.39, 0.29) is 35.2 Å². The monoisotopic (exact) mass is 863 g/mol. The molecule has 7 heterocycles. The molecular weight excluding hydrogens is 815 g/mol. The topological polar surface area (TPSA) is 194 Å². The van der Waals surface area contributed by atoms with Crippen LogP contribution in [0.25, 0.3) is 44.0 Å². The van der Waals surface area contributed by atoms with Crippen molar-refractivity contribution in [2.45, 2.75) is 83.0 Å². The maximum atomic E-state index is 14.4. The Hall–Kier alpha value is -6.52. The molecule has 0 spiro atoms. The summed E-state index contributed by atoms with van der Waals surface area (Å²) in [5.74, 6) is 0.305. The number of thiazole rings is 1. The number of nitrogens with one attached hydrogen (secondary N) is 1. The Kier molecular flexibility index (Phi) is 10.5. The number of aromatic hydroxyl groups is 1. The Bertz CT molecular complexity index is 2810. The van der Waals surface area contributed by atoms with Crippen molar-refractivity contribution in [2.75, 3.05) is 24.5 Å². The van der Waals surface area contributed by atoms with E-state index in [2.05, 4.69) is 41.2 Å². The van der Waals surface area contributed by atoms with Gasteiger partial charge in [-0.15, -0.1) is 21.5 Å². The molecule has 0 unspecified atom stereocenters. The number of amides is 2. The van der Waals surface area contributed by atoms with Gasteiger partial charge in [-0.25, -0.2) is 15.0 Å². The van der Waals surface area contributed by atoms with E-state index in [0.717, 1.165) is 65.1 Å². The second-order valence-electron chi connectivity index (χ2n) is 17.3. The predicted octanol–water partition coefficient (Wildman–Crippen LogP) is 7.13. The van der Waals surface area contributed by atoms with Gasteiger partial charge in [0.1, 0.15) is 23.0 Å². The fourth-order valence-corrected chi connectivity index (χ4v) is 9.95. The normalized spacial score (nSPS) is 18.7. The van der Waals surface area contributed by atoms with E-state index >= 15 is 0 Å². The number of nitrogens with zero attached hydrogens (tertiary/aromatic N) is 9. The third-order valence-electron chi connectivity index (χ3n) is 13.0. The Morgan fingerprint density at radius 3 is 2.48 bits per heavy atom. The average molecular weight is 864 g/mol. The van der Waals surface area contributed by atoms with Crippen molar-refractivity contribution in [3.05, 3.63) is 107 Å². The predicted molar refractivity (Wildman–Crippen MR) is 240 cm³/mol. The first kappa shape index (κ1) is 40.5. The van der Waals surface area contributed by atoms with Crippen LogP contribution >= 0.6 is 11.3 Å². The first-order chi connectivity index (χ1) is 30.6. The maximum absolute atomic E-state index is 14.4. The molecule has 16 heteroatoms. The van der Waals surface area contributed by atoms with Crippen molar-refractivity contribution >= 4 is 40.1 Å². The fraction of sp³-hybridized carbons (Fsp3) is 0.362. The van der Waals surface area contributed by atoms with E-state index in [4.69, 9.17) is 20.2 Å². The number of likely N-dealkylation sites (tertiary alicyclic amines) is 1. The molecule has 2 aliphatic heterocycles. The maximum Gasteiger partial charge on any atom is 0.251 e. The molecule has 2 saturated heterocycles. The van der Waals surface area contributed by atoms with Crippen molar-refractivity contribution in [3.8, 4) is 38.7 Å². The Labute approximate surface area is 368 Å². The summed E-state index contributed by atoms with van der Waals surface area (Å²) >= 11 is 1.60. The number of rotatable bonds is 12. The minimum atomic E-state index is -1.57. The summed E-state index contributed by atoms with van der Waals surface area (Å²) in [6.45, 7) is 8.03. The number of phenolic OH excluding ortho intramolecular Hbond substituents is 1. The van der Waals surface area contributed by atoms with Crippen molar-refractivity contribution < 1.29 is 19.2 Å². The number of anilines is 1. The van der Waals surface area contributed by atoms with Gasteiger partial charge in [-0.3, -0.25) is 9.59 Å².